The average Bonchev–Trinajstić information content (AvgIpc) is 2.95. The van der Waals surface area contributed by atoms with Crippen LogP contribution in [0.15, 0.2) is 28.6 Å². The molecule has 2 rings (SSSR count). The highest BCUT2D eigenvalue weighted by Gasteiger charge is 2.11. The summed E-state index contributed by atoms with van der Waals surface area (Å²) >= 11 is 8.48. The summed E-state index contributed by atoms with van der Waals surface area (Å²) < 4.78 is 0.617. The molecule has 23 heavy (non-hydrogen) atoms. The van der Waals surface area contributed by atoms with Gasteiger partial charge < -0.3 is 10.6 Å². The standard InChI is InChI=1S/C14H15ClN4O2S2/c1-2-5-11(20)17-13-18-19-14(23-13)22-8-12(21)16-10-7-4-3-6-9(10)15/h3-4,6-7H,2,5,8H2,1H3,(H,16,21)(H,17,18,20). The minimum atomic E-state index is -0.185. The van der Waals surface area contributed by atoms with Crippen LogP contribution in [0.3, 0.4) is 0 Å². The third-order valence-electron chi connectivity index (χ3n) is 2.60. The van der Waals surface area contributed by atoms with Gasteiger partial charge in [0.05, 0.1) is 16.5 Å². The Bertz CT molecular complexity index is 693. The number of aromatic nitrogens is 2. The largest absolute Gasteiger partial charge is 0.324 e. The van der Waals surface area contributed by atoms with Crippen LogP contribution < -0.4 is 10.6 Å². The maximum absolute atomic E-state index is 11.9. The van der Waals surface area contributed by atoms with Crippen LogP contribution in [0.1, 0.15) is 19.8 Å². The van der Waals surface area contributed by atoms with E-state index in [2.05, 4.69) is 20.8 Å². The molecule has 0 aliphatic carbocycles. The lowest BCUT2D eigenvalue weighted by molar-refractivity contribution is -0.116. The number of benzene rings is 1. The summed E-state index contributed by atoms with van der Waals surface area (Å²) in [7, 11) is 0. The van der Waals surface area contributed by atoms with Crippen LogP contribution in [0.25, 0.3) is 0 Å². The third kappa shape index (κ3) is 5.81. The first-order chi connectivity index (χ1) is 11.1. The summed E-state index contributed by atoms with van der Waals surface area (Å²) in [5, 5.41) is 14.1. The van der Waals surface area contributed by atoms with Gasteiger partial charge in [-0.25, -0.2) is 0 Å². The van der Waals surface area contributed by atoms with Crippen LogP contribution in [0.5, 0.6) is 0 Å². The number of thioether (sulfide) groups is 1. The maximum atomic E-state index is 11.9. The first-order valence-corrected chi connectivity index (χ1v) is 9.07. The molecular formula is C14H15ClN4O2S2. The second-order valence-electron chi connectivity index (χ2n) is 4.49. The highest BCUT2D eigenvalue weighted by Crippen LogP contribution is 2.26. The Labute approximate surface area is 147 Å². The summed E-state index contributed by atoms with van der Waals surface area (Å²) in [6, 6.07) is 7.03. The van der Waals surface area contributed by atoms with Crippen LogP contribution in [-0.2, 0) is 9.59 Å². The minimum Gasteiger partial charge on any atom is -0.324 e. The fourth-order valence-corrected chi connectivity index (χ4v) is 3.35. The molecule has 0 fully saturated rings. The van der Waals surface area contributed by atoms with Crippen molar-refractivity contribution in [3.63, 3.8) is 0 Å². The number of nitrogens with zero attached hydrogens (tertiary/aromatic N) is 2. The second-order valence-corrected chi connectivity index (χ2v) is 7.10. The van der Waals surface area contributed by atoms with Gasteiger partial charge >= 0.3 is 0 Å². The zero-order chi connectivity index (χ0) is 16.7. The topological polar surface area (TPSA) is 84.0 Å². The van der Waals surface area contributed by atoms with Crippen LogP contribution in [0.4, 0.5) is 10.8 Å². The summed E-state index contributed by atoms with van der Waals surface area (Å²) in [4.78, 5) is 23.4. The molecule has 122 valence electrons. The zero-order valence-electron chi connectivity index (χ0n) is 12.3. The van der Waals surface area contributed by atoms with E-state index in [1.807, 2.05) is 6.92 Å². The number of para-hydroxylation sites is 1. The van der Waals surface area contributed by atoms with Crippen molar-refractivity contribution in [2.24, 2.45) is 0 Å². The number of anilines is 2. The number of rotatable bonds is 7. The SMILES string of the molecule is CCCC(=O)Nc1nnc(SCC(=O)Nc2ccccc2Cl)s1. The molecule has 6 nitrogen and oxygen atoms in total. The molecule has 2 amide bonds. The highest BCUT2D eigenvalue weighted by molar-refractivity contribution is 8.01. The van der Waals surface area contributed by atoms with E-state index in [-0.39, 0.29) is 17.6 Å². The molecule has 0 radical (unpaired) electrons. The van der Waals surface area contributed by atoms with Crippen LogP contribution in [0.2, 0.25) is 5.02 Å². The quantitative estimate of drug-likeness (QED) is 0.574. The summed E-state index contributed by atoms with van der Waals surface area (Å²) in [5.41, 5.74) is 0.574. The Morgan fingerprint density at radius 1 is 1.22 bits per heavy atom. The first kappa shape index (κ1) is 17.7. The number of carbonyl (C=O) groups is 2. The van der Waals surface area contributed by atoms with E-state index in [0.29, 0.717) is 26.6 Å². The van der Waals surface area contributed by atoms with E-state index < -0.39 is 0 Å². The Balaban J connectivity index is 1.82. The molecule has 1 heterocycles. The third-order valence-corrected chi connectivity index (χ3v) is 4.91. The van der Waals surface area contributed by atoms with Gasteiger partial charge in [0, 0.05) is 6.42 Å². The Morgan fingerprint density at radius 2 is 2.00 bits per heavy atom. The molecule has 1 aromatic heterocycles. The molecule has 2 aromatic rings. The van der Waals surface area contributed by atoms with Crippen LogP contribution in [0, 0.1) is 0 Å². The van der Waals surface area contributed by atoms with Gasteiger partial charge in [-0.2, -0.15) is 0 Å². The fourth-order valence-electron chi connectivity index (χ4n) is 1.60. The Morgan fingerprint density at radius 3 is 2.74 bits per heavy atom. The van der Waals surface area contributed by atoms with Gasteiger partial charge in [0.1, 0.15) is 0 Å². The summed E-state index contributed by atoms with van der Waals surface area (Å²) in [6.45, 7) is 1.93. The number of nitrogens with one attached hydrogen (secondary N) is 2. The summed E-state index contributed by atoms with van der Waals surface area (Å²) in [6.07, 6.45) is 1.22. The van der Waals surface area contributed by atoms with Gasteiger partial charge in [0.25, 0.3) is 0 Å². The summed E-state index contributed by atoms with van der Waals surface area (Å²) in [5.74, 6) is -0.0884. The van der Waals surface area contributed by atoms with E-state index in [4.69, 9.17) is 11.6 Å². The van der Waals surface area contributed by atoms with Crippen LogP contribution in [-0.4, -0.2) is 27.8 Å². The van der Waals surface area contributed by atoms with Gasteiger partial charge in [-0.15, -0.1) is 10.2 Å². The molecule has 0 saturated carbocycles. The van der Waals surface area contributed by atoms with E-state index >= 15 is 0 Å². The van der Waals surface area contributed by atoms with Crippen molar-refractivity contribution >= 4 is 57.3 Å². The highest BCUT2D eigenvalue weighted by atomic mass is 35.5. The smallest absolute Gasteiger partial charge is 0.234 e. The number of amides is 2. The van der Waals surface area contributed by atoms with Gasteiger partial charge in [-0.1, -0.05) is 53.8 Å². The van der Waals surface area contributed by atoms with Crippen molar-refractivity contribution in [2.45, 2.75) is 24.1 Å². The van der Waals surface area contributed by atoms with Crippen molar-refractivity contribution < 1.29 is 9.59 Å². The van der Waals surface area contributed by atoms with Gasteiger partial charge in [-0.3, -0.25) is 9.59 Å². The first-order valence-electron chi connectivity index (χ1n) is 6.89. The number of carbonyl (C=O) groups excluding carboxylic acids is 2. The van der Waals surface area contributed by atoms with E-state index in [1.165, 1.54) is 23.1 Å². The molecule has 0 atom stereocenters. The molecule has 1 aromatic carbocycles. The van der Waals surface area contributed by atoms with E-state index in [0.717, 1.165) is 6.42 Å². The molecule has 0 aliphatic heterocycles. The number of hydrogen-bond donors (Lipinski definition) is 2. The normalized spacial score (nSPS) is 10.3. The number of hydrogen-bond acceptors (Lipinski definition) is 6. The van der Waals surface area contributed by atoms with Crippen molar-refractivity contribution in [1.29, 1.82) is 0 Å². The minimum absolute atomic E-state index is 0.0864. The molecule has 9 heteroatoms. The molecular weight excluding hydrogens is 356 g/mol. The van der Waals surface area contributed by atoms with Crippen molar-refractivity contribution in [1.82, 2.24) is 10.2 Å². The lowest BCUT2D eigenvalue weighted by Crippen LogP contribution is -2.14. The number of halogens is 1. The van der Waals surface area contributed by atoms with Gasteiger partial charge in [0.2, 0.25) is 16.9 Å². The Hall–Kier alpha value is -1.64. The molecule has 0 spiro atoms. The molecule has 0 unspecified atom stereocenters. The predicted molar refractivity (Wildman–Crippen MR) is 94.3 cm³/mol. The fraction of sp³-hybridized carbons (Fsp3) is 0.286. The Kier molecular flexibility index (Phi) is 6.82. The van der Waals surface area contributed by atoms with E-state index in [9.17, 15) is 9.59 Å². The van der Waals surface area contributed by atoms with Gasteiger partial charge in [-0.05, 0) is 18.6 Å². The van der Waals surface area contributed by atoms with Crippen molar-refractivity contribution in [3.8, 4) is 0 Å². The van der Waals surface area contributed by atoms with Crippen molar-refractivity contribution in [2.75, 3.05) is 16.4 Å². The van der Waals surface area contributed by atoms with E-state index in [1.54, 1.807) is 24.3 Å². The molecule has 0 aliphatic rings. The lowest BCUT2D eigenvalue weighted by Gasteiger charge is -2.05. The second kappa shape index (κ2) is 8.85. The monoisotopic (exact) mass is 370 g/mol. The van der Waals surface area contributed by atoms with Crippen molar-refractivity contribution in [3.05, 3.63) is 29.3 Å². The van der Waals surface area contributed by atoms with Crippen LogP contribution >= 0.6 is 34.7 Å². The predicted octanol–water partition coefficient (Wildman–Crippen LogP) is 3.66. The molecule has 2 N–H and O–H groups in total. The average molecular weight is 371 g/mol. The molecule has 0 saturated heterocycles. The molecule has 0 bridgehead atoms. The zero-order valence-corrected chi connectivity index (χ0v) is 14.7. The maximum Gasteiger partial charge on any atom is 0.234 e. The lowest BCUT2D eigenvalue weighted by atomic mass is 10.3. The van der Waals surface area contributed by atoms with Gasteiger partial charge in [0.15, 0.2) is 4.34 Å².